The molecule has 1 aliphatic carbocycles. The topological polar surface area (TPSA) is 21.3 Å². The van der Waals surface area contributed by atoms with E-state index in [1.165, 1.54) is 38.5 Å². The molecular weight excluding hydrogens is 198 g/mol. The minimum atomic E-state index is 0.563. The normalized spacial score (nSPS) is 18.9. The van der Waals surface area contributed by atoms with Gasteiger partial charge in [0.05, 0.1) is 6.10 Å². The summed E-state index contributed by atoms with van der Waals surface area (Å²) in [7, 11) is 0. The molecule has 0 amide bonds. The molecule has 1 fully saturated rings. The highest BCUT2D eigenvalue weighted by Crippen LogP contribution is 2.19. The van der Waals surface area contributed by atoms with E-state index in [0.717, 1.165) is 32.0 Å². The van der Waals surface area contributed by atoms with E-state index in [0.29, 0.717) is 6.10 Å². The van der Waals surface area contributed by atoms with Crippen LogP contribution in [0.15, 0.2) is 0 Å². The Kier molecular flexibility index (Phi) is 7.87. The van der Waals surface area contributed by atoms with Gasteiger partial charge in [-0.05, 0) is 38.3 Å². The first-order valence-electron chi connectivity index (χ1n) is 7.11. The molecule has 1 rings (SSSR count). The molecule has 0 atom stereocenters. The molecule has 0 aromatic rings. The van der Waals surface area contributed by atoms with E-state index in [9.17, 15) is 0 Å². The molecule has 96 valence electrons. The molecule has 2 heteroatoms. The average Bonchev–Trinajstić information content (AvgIpc) is 2.51. The molecule has 0 spiro atoms. The quantitative estimate of drug-likeness (QED) is 0.532. The van der Waals surface area contributed by atoms with Crippen molar-refractivity contribution >= 4 is 0 Å². The van der Waals surface area contributed by atoms with Crippen LogP contribution in [0, 0.1) is 5.92 Å². The van der Waals surface area contributed by atoms with Gasteiger partial charge in [-0.15, -0.1) is 0 Å². The van der Waals surface area contributed by atoms with Gasteiger partial charge in [0, 0.05) is 6.61 Å². The summed E-state index contributed by atoms with van der Waals surface area (Å²) in [6.45, 7) is 7.66. The lowest BCUT2D eigenvalue weighted by atomic mass is 10.1. The van der Waals surface area contributed by atoms with Gasteiger partial charge >= 0.3 is 0 Å². The first-order chi connectivity index (χ1) is 7.79. The first kappa shape index (κ1) is 14.0. The summed E-state index contributed by atoms with van der Waals surface area (Å²) in [5.41, 5.74) is 0. The molecular formula is C14H29NO. The molecule has 1 aliphatic rings. The van der Waals surface area contributed by atoms with Gasteiger partial charge in [0.15, 0.2) is 0 Å². The third kappa shape index (κ3) is 7.24. The number of nitrogens with one attached hydrogen (secondary N) is 1. The monoisotopic (exact) mass is 227 g/mol. The van der Waals surface area contributed by atoms with E-state index in [2.05, 4.69) is 19.2 Å². The number of hydrogen-bond acceptors (Lipinski definition) is 2. The molecule has 0 saturated heterocycles. The van der Waals surface area contributed by atoms with Crippen molar-refractivity contribution in [1.82, 2.24) is 5.32 Å². The Morgan fingerprint density at radius 1 is 1.12 bits per heavy atom. The fourth-order valence-corrected chi connectivity index (χ4v) is 2.25. The van der Waals surface area contributed by atoms with Crippen LogP contribution in [0.25, 0.3) is 0 Å². The fourth-order valence-electron chi connectivity index (χ4n) is 2.25. The number of ether oxygens (including phenoxy) is 1. The second-order valence-electron chi connectivity index (χ2n) is 5.44. The van der Waals surface area contributed by atoms with Gasteiger partial charge < -0.3 is 10.1 Å². The predicted octanol–water partition coefficient (Wildman–Crippen LogP) is 3.36. The predicted molar refractivity (Wildman–Crippen MR) is 69.8 cm³/mol. The Morgan fingerprint density at radius 2 is 1.81 bits per heavy atom. The highest BCUT2D eigenvalue weighted by molar-refractivity contribution is 4.64. The zero-order valence-electron chi connectivity index (χ0n) is 11.1. The number of hydrogen-bond donors (Lipinski definition) is 1. The van der Waals surface area contributed by atoms with Crippen molar-refractivity contribution in [3.05, 3.63) is 0 Å². The van der Waals surface area contributed by atoms with E-state index >= 15 is 0 Å². The summed E-state index contributed by atoms with van der Waals surface area (Å²) in [5.74, 6) is 0.753. The van der Waals surface area contributed by atoms with Crippen molar-refractivity contribution < 1.29 is 4.74 Å². The van der Waals surface area contributed by atoms with Crippen molar-refractivity contribution in [3.8, 4) is 0 Å². The third-order valence-electron chi connectivity index (χ3n) is 3.21. The molecule has 0 aliphatic heterocycles. The van der Waals surface area contributed by atoms with Crippen LogP contribution in [0.2, 0.25) is 0 Å². The maximum atomic E-state index is 5.93. The summed E-state index contributed by atoms with van der Waals surface area (Å²) in [6.07, 6.45) is 9.87. The molecule has 0 radical (unpaired) electrons. The lowest BCUT2D eigenvalue weighted by molar-refractivity contribution is 0.0418. The Morgan fingerprint density at radius 3 is 2.44 bits per heavy atom. The van der Waals surface area contributed by atoms with Crippen LogP contribution in [0.3, 0.4) is 0 Å². The Bertz CT molecular complexity index is 151. The van der Waals surface area contributed by atoms with Gasteiger partial charge in [0.1, 0.15) is 0 Å². The molecule has 1 N–H and O–H groups in total. The van der Waals surface area contributed by atoms with E-state index in [4.69, 9.17) is 4.74 Å². The van der Waals surface area contributed by atoms with Crippen LogP contribution < -0.4 is 5.32 Å². The highest BCUT2D eigenvalue weighted by Gasteiger charge is 2.11. The van der Waals surface area contributed by atoms with E-state index in [-0.39, 0.29) is 0 Å². The van der Waals surface area contributed by atoms with Crippen molar-refractivity contribution in [2.75, 3.05) is 19.7 Å². The minimum absolute atomic E-state index is 0.563. The maximum absolute atomic E-state index is 5.93. The molecule has 2 nitrogen and oxygen atoms in total. The SMILES string of the molecule is CC(C)CNCCCOC1CCCCCC1. The molecule has 0 aromatic heterocycles. The summed E-state index contributed by atoms with van der Waals surface area (Å²) < 4.78 is 5.93. The minimum Gasteiger partial charge on any atom is -0.378 e. The summed E-state index contributed by atoms with van der Waals surface area (Å²) in [6, 6.07) is 0. The maximum Gasteiger partial charge on any atom is 0.0575 e. The third-order valence-corrected chi connectivity index (χ3v) is 3.21. The van der Waals surface area contributed by atoms with E-state index < -0.39 is 0 Å². The van der Waals surface area contributed by atoms with Crippen LogP contribution in [0.1, 0.15) is 58.8 Å². The van der Waals surface area contributed by atoms with Crippen molar-refractivity contribution in [2.45, 2.75) is 64.9 Å². The van der Waals surface area contributed by atoms with Gasteiger partial charge in [0.25, 0.3) is 0 Å². The molecule has 1 saturated carbocycles. The van der Waals surface area contributed by atoms with Gasteiger partial charge in [-0.1, -0.05) is 39.5 Å². The van der Waals surface area contributed by atoms with Gasteiger partial charge in [0.2, 0.25) is 0 Å². The molecule has 0 unspecified atom stereocenters. The van der Waals surface area contributed by atoms with Crippen LogP contribution in [0.4, 0.5) is 0 Å². The Labute approximate surface area is 101 Å². The lowest BCUT2D eigenvalue weighted by Crippen LogP contribution is -2.22. The molecule has 16 heavy (non-hydrogen) atoms. The zero-order chi connectivity index (χ0) is 11.6. The van der Waals surface area contributed by atoms with Crippen LogP contribution >= 0.6 is 0 Å². The first-order valence-corrected chi connectivity index (χ1v) is 7.11. The lowest BCUT2D eigenvalue weighted by Gasteiger charge is -2.15. The summed E-state index contributed by atoms with van der Waals surface area (Å²) >= 11 is 0. The van der Waals surface area contributed by atoms with Crippen LogP contribution in [-0.4, -0.2) is 25.8 Å². The summed E-state index contributed by atoms with van der Waals surface area (Å²) in [4.78, 5) is 0. The number of rotatable bonds is 7. The van der Waals surface area contributed by atoms with Gasteiger partial charge in [-0.2, -0.15) is 0 Å². The highest BCUT2D eigenvalue weighted by atomic mass is 16.5. The molecule has 0 heterocycles. The van der Waals surface area contributed by atoms with Crippen molar-refractivity contribution in [2.24, 2.45) is 5.92 Å². The standard InChI is InChI=1S/C14H29NO/c1-13(2)12-15-10-7-11-16-14-8-5-3-4-6-9-14/h13-15H,3-12H2,1-2H3. The fraction of sp³-hybridized carbons (Fsp3) is 1.00. The van der Waals surface area contributed by atoms with Crippen molar-refractivity contribution in [3.63, 3.8) is 0 Å². The second-order valence-corrected chi connectivity index (χ2v) is 5.44. The molecule has 0 aromatic carbocycles. The Hall–Kier alpha value is -0.0800. The van der Waals surface area contributed by atoms with E-state index in [1.807, 2.05) is 0 Å². The average molecular weight is 227 g/mol. The van der Waals surface area contributed by atoms with Crippen LogP contribution in [-0.2, 0) is 4.74 Å². The summed E-state index contributed by atoms with van der Waals surface area (Å²) in [5, 5.41) is 3.45. The zero-order valence-corrected chi connectivity index (χ0v) is 11.1. The second kappa shape index (κ2) is 9.00. The van der Waals surface area contributed by atoms with Gasteiger partial charge in [-0.3, -0.25) is 0 Å². The smallest absolute Gasteiger partial charge is 0.0575 e. The Balaban J connectivity index is 1.89. The molecule has 0 bridgehead atoms. The van der Waals surface area contributed by atoms with E-state index in [1.54, 1.807) is 0 Å². The van der Waals surface area contributed by atoms with Gasteiger partial charge in [-0.25, -0.2) is 0 Å². The van der Waals surface area contributed by atoms with Crippen LogP contribution in [0.5, 0.6) is 0 Å². The van der Waals surface area contributed by atoms with Crippen molar-refractivity contribution in [1.29, 1.82) is 0 Å². The largest absolute Gasteiger partial charge is 0.378 e.